The number of rotatable bonds is 5. The van der Waals surface area contributed by atoms with Gasteiger partial charge in [0, 0.05) is 19.1 Å². The topological polar surface area (TPSA) is 49.8 Å². The molecular weight excluding hydrogens is 242 g/mol. The molecule has 2 atom stereocenters. The molecule has 0 bridgehead atoms. The molecular formula is C15H21NO3. The van der Waals surface area contributed by atoms with Crippen LogP contribution in [0, 0.1) is 0 Å². The van der Waals surface area contributed by atoms with E-state index in [0.29, 0.717) is 18.5 Å². The Labute approximate surface area is 114 Å². The summed E-state index contributed by atoms with van der Waals surface area (Å²) in [5.74, 6) is 0.646. The highest BCUT2D eigenvalue weighted by Crippen LogP contribution is 2.32. The van der Waals surface area contributed by atoms with Crippen molar-refractivity contribution < 1.29 is 14.6 Å². The summed E-state index contributed by atoms with van der Waals surface area (Å²) in [5.41, 5.74) is 1.31. The summed E-state index contributed by atoms with van der Waals surface area (Å²) >= 11 is 0. The SMILES string of the molecule is COc1ccc([C@H]2C[C@@H](C)N(CCC(=O)O)C2)cc1. The van der Waals surface area contributed by atoms with Crippen LogP contribution in [0.5, 0.6) is 5.75 Å². The first kappa shape index (κ1) is 13.9. The molecule has 1 aromatic rings. The number of benzene rings is 1. The van der Waals surface area contributed by atoms with Crippen LogP contribution in [0.2, 0.25) is 0 Å². The number of likely N-dealkylation sites (tertiary alicyclic amines) is 1. The molecule has 1 fully saturated rings. The Hall–Kier alpha value is -1.55. The highest BCUT2D eigenvalue weighted by molar-refractivity contribution is 5.66. The summed E-state index contributed by atoms with van der Waals surface area (Å²) < 4.78 is 5.16. The third-order valence-electron chi connectivity index (χ3n) is 3.90. The maximum absolute atomic E-state index is 10.6. The minimum atomic E-state index is -0.722. The second kappa shape index (κ2) is 6.06. The predicted octanol–water partition coefficient (Wildman–Crippen LogP) is 2.35. The molecule has 0 aliphatic carbocycles. The molecule has 1 heterocycles. The van der Waals surface area contributed by atoms with Crippen LogP contribution in [-0.2, 0) is 4.79 Å². The number of hydrogen-bond donors (Lipinski definition) is 1. The standard InChI is InChI=1S/C15H21NO3/c1-11-9-13(10-16(11)8-7-15(17)18)12-3-5-14(19-2)6-4-12/h3-6,11,13H,7-10H2,1-2H3,(H,17,18)/t11-,13+/m1/s1. The van der Waals surface area contributed by atoms with Crippen molar-refractivity contribution in [1.29, 1.82) is 0 Å². The Morgan fingerprint density at radius 3 is 2.68 bits per heavy atom. The second-order valence-corrected chi connectivity index (χ2v) is 5.19. The smallest absolute Gasteiger partial charge is 0.304 e. The lowest BCUT2D eigenvalue weighted by Gasteiger charge is -2.19. The molecule has 1 saturated heterocycles. The molecule has 104 valence electrons. The zero-order chi connectivity index (χ0) is 13.8. The van der Waals surface area contributed by atoms with Gasteiger partial charge in [-0.2, -0.15) is 0 Å². The largest absolute Gasteiger partial charge is 0.497 e. The van der Waals surface area contributed by atoms with Crippen molar-refractivity contribution in [3.63, 3.8) is 0 Å². The van der Waals surface area contributed by atoms with Gasteiger partial charge in [-0.15, -0.1) is 0 Å². The fourth-order valence-electron chi connectivity index (χ4n) is 2.77. The van der Waals surface area contributed by atoms with Crippen molar-refractivity contribution in [2.24, 2.45) is 0 Å². The van der Waals surface area contributed by atoms with Crippen molar-refractivity contribution in [3.8, 4) is 5.75 Å². The molecule has 0 amide bonds. The molecule has 4 heteroatoms. The van der Waals surface area contributed by atoms with E-state index in [4.69, 9.17) is 9.84 Å². The predicted molar refractivity (Wildman–Crippen MR) is 73.6 cm³/mol. The van der Waals surface area contributed by atoms with E-state index in [1.807, 2.05) is 12.1 Å². The molecule has 0 unspecified atom stereocenters. The molecule has 19 heavy (non-hydrogen) atoms. The number of carboxylic acid groups (broad SMARTS) is 1. The van der Waals surface area contributed by atoms with Crippen molar-refractivity contribution in [2.45, 2.75) is 31.7 Å². The molecule has 0 aromatic heterocycles. The minimum absolute atomic E-state index is 0.222. The quantitative estimate of drug-likeness (QED) is 0.886. The van der Waals surface area contributed by atoms with Crippen LogP contribution in [0.1, 0.15) is 31.2 Å². The van der Waals surface area contributed by atoms with Gasteiger partial charge in [-0.05, 0) is 37.0 Å². The fraction of sp³-hybridized carbons (Fsp3) is 0.533. The van der Waals surface area contributed by atoms with Crippen LogP contribution in [0.15, 0.2) is 24.3 Å². The van der Waals surface area contributed by atoms with E-state index in [-0.39, 0.29) is 6.42 Å². The number of ether oxygens (including phenoxy) is 1. The maximum Gasteiger partial charge on any atom is 0.304 e. The monoisotopic (exact) mass is 263 g/mol. The third-order valence-corrected chi connectivity index (χ3v) is 3.90. The van der Waals surface area contributed by atoms with Crippen LogP contribution in [0.25, 0.3) is 0 Å². The number of hydrogen-bond acceptors (Lipinski definition) is 3. The van der Waals surface area contributed by atoms with E-state index < -0.39 is 5.97 Å². The van der Waals surface area contributed by atoms with E-state index in [2.05, 4.69) is 24.0 Å². The van der Waals surface area contributed by atoms with Gasteiger partial charge in [0.15, 0.2) is 0 Å². The maximum atomic E-state index is 10.6. The van der Waals surface area contributed by atoms with Gasteiger partial charge in [-0.25, -0.2) is 0 Å². The van der Waals surface area contributed by atoms with E-state index in [1.54, 1.807) is 7.11 Å². The summed E-state index contributed by atoms with van der Waals surface area (Å²) in [6, 6.07) is 8.64. The molecule has 4 nitrogen and oxygen atoms in total. The van der Waals surface area contributed by atoms with Crippen LogP contribution in [0.3, 0.4) is 0 Å². The Morgan fingerprint density at radius 1 is 1.42 bits per heavy atom. The van der Waals surface area contributed by atoms with Crippen LogP contribution in [-0.4, -0.2) is 42.2 Å². The Balaban J connectivity index is 1.97. The van der Waals surface area contributed by atoms with Gasteiger partial charge < -0.3 is 9.84 Å². The lowest BCUT2D eigenvalue weighted by atomic mass is 9.97. The highest BCUT2D eigenvalue weighted by atomic mass is 16.5. The molecule has 1 aromatic carbocycles. The van der Waals surface area contributed by atoms with Crippen molar-refractivity contribution >= 4 is 5.97 Å². The Morgan fingerprint density at radius 2 is 2.11 bits per heavy atom. The molecule has 0 spiro atoms. The van der Waals surface area contributed by atoms with Gasteiger partial charge in [0.25, 0.3) is 0 Å². The molecule has 1 aliphatic rings. The summed E-state index contributed by atoms with van der Waals surface area (Å²) in [6.07, 6.45) is 1.31. The minimum Gasteiger partial charge on any atom is -0.497 e. The molecule has 0 radical (unpaired) electrons. The highest BCUT2D eigenvalue weighted by Gasteiger charge is 2.29. The number of nitrogens with zero attached hydrogens (tertiary/aromatic N) is 1. The van der Waals surface area contributed by atoms with Gasteiger partial charge in [-0.3, -0.25) is 9.69 Å². The first-order chi connectivity index (χ1) is 9.10. The molecule has 2 rings (SSSR count). The fourth-order valence-corrected chi connectivity index (χ4v) is 2.77. The van der Waals surface area contributed by atoms with Crippen LogP contribution in [0.4, 0.5) is 0 Å². The first-order valence-corrected chi connectivity index (χ1v) is 6.70. The Kier molecular flexibility index (Phi) is 4.43. The van der Waals surface area contributed by atoms with E-state index in [1.165, 1.54) is 5.56 Å². The first-order valence-electron chi connectivity index (χ1n) is 6.70. The summed E-state index contributed by atoms with van der Waals surface area (Å²) in [7, 11) is 1.67. The van der Waals surface area contributed by atoms with Crippen LogP contribution >= 0.6 is 0 Å². The number of carbonyl (C=O) groups is 1. The third kappa shape index (κ3) is 3.47. The van der Waals surface area contributed by atoms with Gasteiger partial charge in [0.2, 0.25) is 0 Å². The van der Waals surface area contributed by atoms with Gasteiger partial charge >= 0.3 is 5.97 Å². The zero-order valence-electron chi connectivity index (χ0n) is 11.5. The van der Waals surface area contributed by atoms with E-state index in [9.17, 15) is 4.79 Å². The van der Waals surface area contributed by atoms with Gasteiger partial charge in [0.05, 0.1) is 13.5 Å². The van der Waals surface area contributed by atoms with Crippen molar-refractivity contribution in [1.82, 2.24) is 4.90 Å². The van der Waals surface area contributed by atoms with E-state index in [0.717, 1.165) is 18.7 Å². The van der Waals surface area contributed by atoms with Crippen molar-refractivity contribution in [2.75, 3.05) is 20.2 Å². The lowest BCUT2D eigenvalue weighted by Crippen LogP contribution is -2.29. The summed E-state index contributed by atoms with van der Waals surface area (Å²) in [5, 5.41) is 8.76. The van der Waals surface area contributed by atoms with Gasteiger partial charge in [0.1, 0.15) is 5.75 Å². The lowest BCUT2D eigenvalue weighted by molar-refractivity contribution is -0.137. The number of aliphatic carboxylic acids is 1. The summed E-state index contributed by atoms with van der Waals surface area (Å²) in [4.78, 5) is 12.9. The number of carboxylic acids is 1. The average molecular weight is 263 g/mol. The molecule has 1 aliphatic heterocycles. The molecule has 1 N–H and O–H groups in total. The molecule has 0 saturated carbocycles. The zero-order valence-corrected chi connectivity index (χ0v) is 11.5. The normalized spacial score (nSPS) is 23.5. The van der Waals surface area contributed by atoms with Crippen LogP contribution < -0.4 is 4.74 Å². The number of methoxy groups -OCH3 is 1. The van der Waals surface area contributed by atoms with Gasteiger partial charge in [-0.1, -0.05) is 12.1 Å². The summed E-state index contributed by atoms with van der Waals surface area (Å²) in [6.45, 7) is 3.76. The van der Waals surface area contributed by atoms with Crippen molar-refractivity contribution in [3.05, 3.63) is 29.8 Å². The van der Waals surface area contributed by atoms with E-state index >= 15 is 0 Å². The Bertz CT molecular complexity index is 430. The second-order valence-electron chi connectivity index (χ2n) is 5.19. The average Bonchev–Trinajstić information content (AvgIpc) is 2.78.